The van der Waals surface area contributed by atoms with E-state index in [1.807, 2.05) is 28.8 Å². The van der Waals surface area contributed by atoms with E-state index in [2.05, 4.69) is 10.3 Å². The molecule has 0 radical (unpaired) electrons. The van der Waals surface area contributed by atoms with Gasteiger partial charge in [-0.15, -0.1) is 0 Å². The maximum atomic E-state index is 13.0. The predicted molar refractivity (Wildman–Crippen MR) is 83.5 cm³/mol. The quantitative estimate of drug-likeness (QED) is 0.803. The zero-order chi connectivity index (χ0) is 15.5. The van der Waals surface area contributed by atoms with Crippen molar-refractivity contribution < 1.29 is 9.18 Å². The molecule has 0 spiro atoms. The van der Waals surface area contributed by atoms with E-state index in [0.717, 1.165) is 17.1 Å². The fraction of sp³-hybridized carbons (Fsp3) is 0.125. The van der Waals surface area contributed by atoms with Crippen LogP contribution in [0.2, 0.25) is 5.02 Å². The first-order valence-corrected chi connectivity index (χ1v) is 7.16. The zero-order valence-corrected chi connectivity index (χ0v) is 12.3. The highest BCUT2D eigenvalue weighted by Gasteiger charge is 2.10. The Morgan fingerprint density at radius 1 is 1.27 bits per heavy atom. The molecule has 0 fully saturated rings. The molecule has 3 aromatic rings. The molecule has 4 nitrogen and oxygen atoms in total. The largest absolute Gasteiger partial charge is 0.350 e. The molecule has 0 aliphatic rings. The van der Waals surface area contributed by atoms with Crippen LogP contribution >= 0.6 is 11.6 Å². The van der Waals surface area contributed by atoms with Gasteiger partial charge in [-0.3, -0.25) is 4.79 Å². The molecule has 0 bridgehead atoms. The molecule has 0 saturated carbocycles. The van der Waals surface area contributed by atoms with Crippen molar-refractivity contribution in [1.82, 2.24) is 14.9 Å². The van der Waals surface area contributed by atoms with Crippen LogP contribution in [0.15, 0.2) is 48.8 Å². The number of hydrogen-bond acceptors (Lipinski definition) is 2. The van der Waals surface area contributed by atoms with Gasteiger partial charge in [-0.1, -0.05) is 23.7 Å². The lowest BCUT2D eigenvalue weighted by Gasteiger charge is -2.08. The van der Waals surface area contributed by atoms with Gasteiger partial charge in [0.1, 0.15) is 5.82 Å². The summed E-state index contributed by atoms with van der Waals surface area (Å²) in [4.78, 5) is 16.3. The average molecular weight is 318 g/mol. The molecule has 3 rings (SSSR count). The van der Waals surface area contributed by atoms with E-state index >= 15 is 0 Å². The van der Waals surface area contributed by atoms with Crippen molar-refractivity contribution in [2.75, 3.05) is 6.54 Å². The van der Waals surface area contributed by atoms with Crippen LogP contribution in [0, 0.1) is 5.82 Å². The summed E-state index contributed by atoms with van der Waals surface area (Å²) in [5.41, 5.74) is 2.19. The van der Waals surface area contributed by atoms with Crippen LogP contribution in [0.3, 0.4) is 0 Å². The lowest BCUT2D eigenvalue weighted by molar-refractivity contribution is 0.0952. The van der Waals surface area contributed by atoms with Gasteiger partial charge in [0.25, 0.3) is 5.91 Å². The number of halogens is 2. The normalized spacial score (nSPS) is 10.8. The highest BCUT2D eigenvalue weighted by atomic mass is 35.5. The third kappa shape index (κ3) is 2.94. The van der Waals surface area contributed by atoms with Crippen molar-refractivity contribution in [3.05, 3.63) is 65.2 Å². The molecule has 0 aliphatic heterocycles. The minimum Gasteiger partial charge on any atom is -0.350 e. The molecule has 1 amide bonds. The smallest absolute Gasteiger partial charge is 0.252 e. The van der Waals surface area contributed by atoms with E-state index in [9.17, 15) is 9.18 Å². The Morgan fingerprint density at radius 2 is 2.09 bits per heavy atom. The van der Waals surface area contributed by atoms with Crippen LogP contribution in [-0.4, -0.2) is 22.0 Å². The van der Waals surface area contributed by atoms with Gasteiger partial charge in [0.05, 0.1) is 27.9 Å². The number of nitrogens with one attached hydrogen (secondary N) is 1. The number of rotatable bonds is 4. The number of amides is 1. The third-order valence-electron chi connectivity index (χ3n) is 3.34. The van der Waals surface area contributed by atoms with Gasteiger partial charge in [-0.2, -0.15) is 0 Å². The second-order valence-corrected chi connectivity index (χ2v) is 5.21. The molecule has 2 aromatic carbocycles. The van der Waals surface area contributed by atoms with Crippen LogP contribution in [0.1, 0.15) is 10.4 Å². The van der Waals surface area contributed by atoms with Crippen LogP contribution in [0.25, 0.3) is 11.0 Å². The summed E-state index contributed by atoms with van der Waals surface area (Å²) >= 11 is 5.86. The van der Waals surface area contributed by atoms with Gasteiger partial charge in [0.15, 0.2) is 0 Å². The van der Waals surface area contributed by atoms with Crippen molar-refractivity contribution in [2.45, 2.75) is 6.54 Å². The second-order valence-electron chi connectivity index (χ2n) is 4.81. The molecule has 1 heterocycles. The van der Waals surface area contributed by atoms with Gasteiger partial charge < -0.3 is 9.88 Å². The Labute approximate surface area is 131 Å². The van der Waals surface area contributed by atoms with E-state index in [1.165, 1.54) is 12.1 Å². The van der Waals surface area contributed by atoms with E-state index in [-0.39, 0.29) is 16.5 Å². The molecule has 0 unspecified atom stereocenters. The Bertz CT molecular complexity index is 831. The minimum atomic E-state index is -0.466. The molecule has 0 aliphatic carbocycles. The number of aromatic nitrogens is 2. The lowest BCUT2D eigenvalue weighted by Crippen LogP contribution is -2.27. The highest BCUT2D eigenvalue weighted by molar-refractivity contribution is 6.33. The summed E-state index contributed by atoms with van der Waals surface area (Å²) in [7, 11) is 0. The van der Waals surface area contributed by atoms with Crippen molar-refractivity contribution >= 4 is 28.5 Å². The minimum absolute atomic E-state index is 0.102. The number of fused-ring (bicyclic) bond motifs is 1. The fourth-order valence-electron chi connectivity index (χ4n) is 2.25. The second kappa shape index (κ2) is 6.15. The SMILES string of the molecule is O=C(NCCn1cnc2ccccc21)c1ccc(F)cc1Cl. The van der Waals surface area contributed by atoms with Gasteiger partial charge in [-0.05, 0) is 30.3 Å². The first-order chi connectivity index (χ1) is 10.6. The molecule has 22 heavy (non-hydrogen) atoms. The monoisotopic (exact) mass is 317 g/mol. The van der Waals surface area contributed by atoms with Crippen molar-refractivity contribution in [1.29, 1.82) is 0 Å². The van der Waals surface area contributed by atoms with Crippen LogP contribution < -0.4 is 5.32 Å². The zero-order valence-electron chi connectivity index (χ0n) is 11.6. The summed E-state index contributed by atoms with van der Waals surface area (Å²) in [5, 5.41) is 2.87. The summed E-state index contributed by atoms with van der Waals surface area (Å²) in [6.45, 7) is 1.01. The Balaban J connectivity index is 1.64. The van der Waals surface area contributed by atoms with E-state index in [4.69, 9.17) is 11.6 Å². The Morgan fingerprint density at radius 3 is 2.91 bits per heavy atom. The first-order valence-electron chi connectivity index (χ1n) is 6.78. The summed E-state index contributed by atoms with van der Waals surface area (Å²) in [6, 6.07) is 11.5. The third-order valence-corrected chi connectivity index (χ3v) is 3.65. The van der Waals surface area contributed by atoms with E-state index in [1.54, 1.807) is 6.33 Å². The molecule has 0 saturated heterocycles. The van der Waals surface area contributed by atoms with Crippen LogP contribution in [0.5, 0.6) is 0 Å². The molecular weight excluding hydrogens is 305 g/mol. The fourth-order valence-corrected chi connectivity index (χ4v) is 2.50. The molecular formula is C16H13ClFN3O. The number of hydrogen-bond donors (Lipinski definition) is 1. The van der Waals surface area contributed by atoms with Crippen LogP contribution in [-0.2, 0) is 6.54 Å². The average Bonchev–Trinajstić information content (AvgIpc) is 2.90. The van der Waals surface area contributed by atoms with Crippen molar-refractivity contribution in [2.24, 2.45) is 0 Å². The Kier molecular flexibility index (Phi) is 4.06. The van der Waals surface area contributed by atoms with Gasteiger partial charge in [-0.25, -0.2) is 9.37 Å². The van der Waals surface area contributed by atoms with E-state index in [0.29, 0.717) is 13.1 Å². The number of imidazole rings is 1. The summed E-state index contributed by atoms with van der Waals surface area (Å²) in [6.07, 6.45) is 1.74. The molecule has 112 valence electrons. The van der Waals surface area contributed by atoms with Crippen molar-refractivity contribution in [3.63, 3.8) is 0 Å². The Hall–Kier alpha value is -2.40. The molecule has 1 aromatic heterocycles. The number of carbonyl (C=O) groups is 1. The molecule has 0 atom stereocenters. The van der Waals surface area contributed by atoms with E-state index < -0.39 is 5.82 Å². The van der Waals surface area contributed by atoms with Crippen LogP contribution in [0.4, 0.5) is 4.39 Å². The summed E-state index contributed by atoms with van der Waals surface area (Å²) in [5.74, 6) is -0.791. The number of para-hydroxylation sites is 2. The molecule has 1 N–H and O–H groups in total. The number of benzene rings is 2. The standard InChI is InChI=1S/C16H13ClFN3O/c17-13-9-11(18)5-6-12(13)16(22)19-7-8-21-10-20-14-3-1-2-4-15(14)21/h1-6,9-10H,7-8H2,(H,19,22). The topological polar surface area (TPSA) is 46.9 Å². The van der Waals surface area contributed by atoms with Gasteiger partial charge >= 0.3 is 0 Å². The summed E-state index contributed by atoms with van der Waals surface area (Å²) < 4.78 is 14.9. The van der Waals surface area contributed by atoms with Gasteiger partial charge in [0.2, 0.25) is 0 Å². The number of carbonyl (C=O) groups excluding carboxylic acids is 1. The van der Waals surface area contributed by atoms with Gasteiger partial charge in [0, 0.05) is 13.1 Å². The maximum Gasteiger partial charge on any atom is 0.252 e. The highest BCUT2D eigenvalue weighted by Crippen LogP contribution is 2.17. The van der Waals surface area contributed by atoms with Crippen molar-refractivity contribution in [3.8, 4) is 0 Å². The first kappa shape index (κ1) is 14.5. The maximum absolute atomic E-state index is 13.0. The predicted octanol–water partition coefficient (Wildman–Crippen LogP) is 3.26. The number of nitrogens with zero attached hydrogens (tertiary/aromatic N) is 2. The lowest BCUT2D eigenvalue weighted by atomic mass is 10.2. The molecule has 6 heteroatoms.